The number of fused-ring (bicyclic) bond motifs is 2. The molecular formula is C22H26N6O2S. The molecule has 0 atom stereocenters. The Morgan fingerprint density at radius 1 is 1.29 bits per heavy atom. The van der Waals surface area contributed by atoms with Gasteiger partial charge in [-0.05, 0) is 42.3 Å². The van der Waals surface area contributed by atoms with Crippen LogP contribution >= 0.6 is 11.3 Å². The molecule has 8 nitrogen and oxygen atoms in total. The number of nitrogens with zero attached hydrogens (tertiary/aromatic N) is 6. The number of anilines is 1. The lowest BCUT2D eigenvalue weighted by molar-refractivity contribution is -0.0967. The van der Waals surface area contributed by atoms with Crippen LogP contribution in [0.4, 0.5) is 5.95 Å². The van der Waals surface area contributed by atoms with Crippen LogP contribution in [0.5, 0.6) is 0 Å². The van der Waals surface area contributed by atoms with E-state index >= 15 is 0 Å². The minimum atomic E-state index is -0.438. The number of hydrogen-bond donors (Lipinski definition) is 0. The van der Waals surface area contributed by atoms with Crippen molar-refractivity contribution >= 4 is 23.2 Å². The average Bonchev–Trinajstić information content (AvgIpc) is 3.44. The molecule has 31 heavy (non-hydrogen) atoms. The van der Waals surface area contributed by atoms with E-state index in [0.29, 0.717) is 31.3 Å². The fourth-order valence-corrected chi connectivity index (χ4v) is 5.12. The molecule has 1 fully saturated rings. The van der Waals surface area contributed by atoms with E-state index in [9.17, 15) is 4.79 Å². The summed E-state index contributed by atoms with van der Waals surface area (Å²) in [6.45, 7) is 1.91. The second-order valence-corrected chi connectivity index (χ2v) is 9.29. The molecule has 9 heteroatoms. The van der Waals surface area contributed by atoms with E-state index in [4.69, 9.17) is 9.72 Å². The maximum atomic E-state index is 13.3. The number of aromatic nitrogens is 4. The molecule has 162 valence electrons. The van der Waals surface area contributed by atoms with Crippen molar-refractivity contribution in [3.8, 4) is 10.6 Å². The highest BCUT2D eigenvalue weighted by Crippen LogP contribution is 2.41. The van der Waals surface area contributed by atoms with Gasteiger partial charge in [0.15, 0.2) is 0 Å². The van der Waals surface area contributed by atoms with Crippen molar-refractivity contribution in [2.45, 2.75) is 24.9 Å². The van der Waals surface area contributed by atoms with E-state index in [1.54, 1.807) is 16.0 Å². The van der Waals surface area contributed by atoms with Gasteiger partial charge in [0.25, 0.3) is 5.91 Å². The number of likely N-dealkylation sites (tertiary alicyclic amines) is 1. The van der Waals surface area contributed by atoms with Gasteiger partial charge < -0.3 is 14.5 Å². The first-order valence-corrected chi connectivity index (χ1v) is 11.4. The molecule has 2 aliphatic rings. The number of piperidine rings is 1. The first kappa shape index (κ1) is 20.1. The number of rotatable bonds is 3. The van der Waals surface area contributed by atoms with Gasteiger partial charge >= 0.3 is 0 Å². The maximum Gasteiger partial charge on any atom is 0.272 e. The quantitative estimate of drug-likeness (QED) is 0.626. The van der Waals surface area contributed by atoms with Crippen molar-refractivity contribution in [2.24, 2.45) is 7.05 Å². The van der Waals surface area contributed by atoms with Crippen LogP contribution in [0.25, 0.3) is 10.6 Å². The van der Waals surface area contributed by atoms with Crippen LogP contribution in [0, 0.1) is 0 Å². The highest BCUT2D eigenvalue weighted by atomic mass is 32.1. The smallest absolute Gasteiger partial charge is 0.272 e. The van der Waals surface area contributed by atoms with Crippen LogP contribution in [0.3, 0.4) is 0 Å². The van der Waals surface area contributed by atoms with Gasteiger partial charge in [0.1, 0.15) is 17.0 Å². The Morgan fingerprint density at radius 3 is 2.81 bits per heavy atom. The minimum Gasteiger partial charge on any atom is -0.368 e. The molecule has 0 aliphatic carbocycles. The molecule has 1 spiro atoms. The summed E-state index contributed by atoms with van der Waals surface area (Å²) in [6.07, 6.45) is 4.21. The van der Waals surface area contributed by atoms with Crippen molar-refractivity contribution < 1.29 is 9.53 Å². The van der Waals surface area contributed by atoms with Gasteiger partial charge in [0.05, 0.1) is 17.2 Å². The number of ether oxygens (including phenoxy) is 1. The normalized spacial score (nSPS) is 17.6. The molecule has 0 N–H and O–H groups in total. The van der Waals surface area contributed by atoms with Crippen LogP contribution in [0.15, 0.2) is 29.8 Å². The van der Waals surface area contributed by atoms with Gasteiger partial charge in [-0.2, -0.15) is 5.10 Å². The summed E-state index contributed by atoms with van der Waals surface area (Å²) in [5.74, 6) is 0.707. The first-order valence-electron chi connectivity index (χ1n) is 10.5. The summed E-state index contributed by atoms with van der Waals surface area (Å²) >= 11 is 1.62. The van der Waals surface area contributed by atoms with Crippen molar-refractivity contribution in [1.29, 1.82) is 0 Å². The second-order valence-electron chi connectivity index (χ2n) is 8.34. The van der Waals surface area contributed by atoms with Crippen LogP contribution in [0.1, 0.15) is 34.6 Å². The number of carbonyl (C=O) groups is 1. The molecule has 0 radical (unpaired) electrons. The van der Waals surface area contributed by atoms with Gasteiger partial charge in [-0.15, -0.1) is 11.3 Å². The fourth-order valence-electron chi connectivity index (χ4n) is 4.44. The summed E-state index contributed by atoms with van der Waals surface area (Å²) in [7, 11) is 5.71. The third kappa shape index (κ3) is 3.51. The van der Waals surface area contributed by atoms with Gasteiger partial charge in [0, 0.05) is 40.4 Å². The summed E-state index contributed by atoms with van der Waals surface area (Å²) < 4.78 is 8.00. The van der Waals surface area contributed by atoms with Crippen LogP contribution < -0.4 is 4.90 Å². The third-order valence-corrected chi connectivity index (χ3v) is 7.06. The molecule has 1 saturated heterocycles. The zero-order valence-corrected chi connectivity index (χ0v) is 18.9. The summed E-state index contributed by atoms with van der Waals surface area (Å²) in [6, 6.07) is 5.91. The van der Waals surface area contributed by atoms with E-state index in [0.717, 1.165) is 41.1 Å². The summed E-state index contributed by atoms with van der Waals surface area (Å²) in [5, 5.41) is 6.56. The molecule has 0 bridgehead atoms. The monoisotopic (exact) mass is 438 g/mol. The average molecular weight is 439 g/mol. The molecular weight excluding hydrogens is 412 g/mol. The number of amides is 1. The van der Waals surface area contributed by atoms with E-state index < -0.39 is 5.60 Å². The highest BCUT2D eigenvalue weighted by molar-refractivity contribution is 7.13. The zero-order chi connectivity index (χ0) is 21.6. The van der Waals surface area contributed by atoms with E-state index in [1.165, 1.54) is 0 Å². The lowest BCUT2D eigenvalue weighted by Crippen LogP contribution is -2.49. The van der Waals surface area contributed by atoms with Gasteiger partial charge in [0.2, 0.25) is 5.95 Å². The predicted molar refractivity (Wildman–Crippen MR) is 119 cm³/mol. The molecule has 3 aromatic heterocycles. The highest BCUT2D eigenvalue weighted by Gasteiger charge is 2.43. The van der Waals surface area contributed by atoms with E-state index in [2.05, 4.69) is 10.1 Å². The van der Waals surface area contributed by atoms with Gasteiger partial charge in [-0.3, -0.25) is 9.48 Å². The summed E-state index contributed by atoms with van der Waals surface area (Å²) in [4.78, 5) is 27.5. The van der Waals surface area contributed by atoms with Gasteiger partial charge in [-0.25, -0.2) is 9.97 Å². The third-order valence-electron chi connectivity index (χ3n) is 6.16. The number of hydrogen-bond acceptors (Lipinski definition) is 7. The predicted octanol–water partition coefficient (Wildman–Crippen LogP) is 2.71. The number of carbonyl (C=O) groups excluding carboxylic acids is 1. The second kappa shape index (κ2) is 7.72. The minimum absolute atomic E-state index is 0.0142. The maximum absolute atomic E-state index is 13.3. The standard InChI is InChI=1S/C22H26N6O2S/c1-26(2)21-23-14-15-6-11-30-22(19(15)24-21)7-9-28(10-8-22)20(29)17-13-16(25-27(17)3)18-5-4-12-31-18/h4-5,12-14H,6-11H2,1-3H3. The SMILES string of the molecule is CN(C)c1ncc2c(n1)C1(CCN(C(=O)c3cc(-c4cccs4)nn3C)CC1)OCC2. The van der Waals surface area contributed by atoms with Crippen molar-refractivity contribution in [2.75, 3.05) is 38.7 Å². The molecule has 1 amide bonds. The molecule has 5 heterocycles. The topological polar surface area (TPSA) is 76.4 Å². The van der Waals surface area contributed by atoms with Crippen molar-refractivity contribution in [3.05, 3.63) is 46.7 Å². The fraction of sp³-hybridized carbons (Fsp3) is 0.455. The zero-order valence-electron chi connectivity index (χ0n) is 18.0. The Morgan fingerprint density at radius 2 is 2.10 bits per heavy atom. The van der Waals surface area contributed by atoms with Crippen molar-refractivity contribution in [3.63, 3.8) is 0 Å². The first-order chi connectivity index (χ1) is 15.0. The van der Waals surface area contributed by atoms with Crippen LogP contribution in [-0.2, 0) is 23.8 Å². The van der Waals surface area contributed by atoms with Crippen LogP contribution in [0.2, 0.25) is 0 Å². The lowest BCUT2D eigenvalue weighted by Gasteiger charge is -2.44. The largest absolute Gasteiger partial charge is 0.368 e. The Kier molecular flexibility index (Phi) is 5.02. The molecule has 5 rings (SSSR count). The van der Waals surface area contributed by atoms with Crippen LogP contribution in [-0.4, -0.2) is 64.3 Å². The summed E-state index contributed by atoms with van der Waals surface area (Å²) in [5.41, 5.74) is 3.16. The molecule has 2 aliphatic heterocycles. The lowest BCUT2D eigenvalue weighted by atomic mass is 9.83. The Hall–Kier alpha value is -2.78. The van der Waals surface area contributed by atoms with Crippen molar-refractivity contribution in [1.82, 2.24) is 24.6 Å². The molecule has 0 saturated carbocycles. The Labute approximate surface area is 185 Å². The van der Waals surface area contributed by atoms with Gasteiger partial charge in [-0.1, -0.05) is 6.07 Å². The number of aryl methyl sites for hydroxylation is 1. The molecule has 0 unspecified atom stereocenters. The van der Waals surface area contributed by atoms with E-state index in [1.807, 2.05) is 60.7 Å². The van der Waals surface area contributed by atoms with E-state index in [-0.39, 0.29) is 5.91 Å². The Bertz CT molecular complexity index is 1100. The molecule has 3 aromatic rings. The Balaban J connectivity index is 1.36. The number of thiophene rings is 1. The molecule has 0 aromatic carbocycles.